The zero-order valence-electron chi connectivity index (χ0n) is 6.35. The van der Waals surface area contributed by atoms with Gasteiger partial charge in [0.05, 0.1) is 0 Å². The number of hydrogen-bond acceptors (Lipinski definition) is 0. The van der Waals surface area contributed by atoms with Crippen LogP contribution in [0.2, 0.25) is 5.02 Å². The Morgan fingerprint density at radius 3 is 2.36 bits per heavy atom. The minimum atomic E-state index is 0.458. The third kappa shape index (κ3) is 2.49. The van der Waals surface area contributed by atoms with Gasteiger partial charge in [-0.2, -0.15) is 0 Å². The lowest BCUT2D eigenvalue weighted by Gasteiger charge is -2.05. The van der Waals surface area contributed by atoms with Gasteiger partial charge in [0.2, 0.25) is 0 Å². The fourth-order valence-electron chi connectivity index (χ4n) is 0.907. The van der Waals surface area contributed by atoms with E-state index in [9.17, 15) is 0 Å². The van der Waals surface area contributed by atoms with Crippen LogP contribution in [0.3, 0.4) is 0 Å². The Labute approximate surface area is 80.7 Å². The molecule has 1 atom stereocenters. The summed E-state index contributed by atoms with van der Waals surface area (Å²) in [6.07, 6.45) is 1.10. The van der Waals surface area contributed by atoms with Gasteiger partial charge in [0.15, 0.2) is 0 Å². The van der Waals surface area contributed by atoms with Crippen LogP contribution in [0.15, 0.2) is 24.3 Å². The number of halogens is 2. The van der Waals surface area contributed by atoms with Crippen molar-refractivity contribution >= 4 is 27.5 Å². The van der Waals surface area contributed by atoms with Crippen molar-refractivity contribution in [1.82, 2.24) is 0 Å². The molecule has 1 rings (SSSR count). The molecule has 0 nitrogen and oxygen atoms in total. The Hall–Kier alpha value is -0.0100. The highest BCUT2D eigenvalue weighted by Crippen LogP contribution is 2.26. The van der Waals surface area contributed by atoms with E-state index < -0.39 is 0 Å². The average Bonchev–Trinajstić information content (AvgIpc) is 2.05. The summed E-state index contributed by atoms with van der Waals surface area (Å²) in [5, 5.41) is 0.796. The summed E-state index contributed by atoms with van der Waals surface area (Å²) in [5.41, 5.74) is 1.29. The van der Waals surface area contributed by atoms with Gasteiger partial charge in [0, 0.05) is 9.85 Å². The third-order valence-electron chi connectivity index (χ3n) is 1.59. The molecule has 1 aromatic rings. The van der Waals surface area contributed by atoms with Gasteiger partial charge in [-0.05, 0) is 24.1 Å². The minimum Gasteiger partial charge on any atom is -0.0843 e. The highest BCUT2D eigenvalue weighted by Gasteiger charge is 2.02. The summed E-state index contributed by atoms with van der Waals surface area (Å²) < 4.78 is 0. The number of rotatable bonds is 2. The maximum Gasteiger partial charge on any atom is 0.0406 e. The van der Waals surface area contributed by atoms with E-state index in [-0.39, 0.29) is 0 Å². The van der Waals surface area contributed by atoms with Crippen LogP contribution in [0.5, 0.6) is 0 Å². The van der Waals surface area contributed by atoms with Crippen molar-refractivity contribution in [1.29, 1.82) is 0 Å². The van der Waals surface area contributed by atoms with E-state index in [2.05, 4.69) is 22.9 Å². The SMILES string of the molecule is CC[C@@H](Br)c1ccc(Cl)cc1. The van der Waals surface area contributed by atoms with Gasteiger partial charge in [-0.25, -0.2) is 0 Å². The molecule has 0 heterocycles. The molecule has 0 radical (unpaired) electrons. The number of benzene rings is 1. The predicted octanol–water partition coefficient (Wildman–Crippen LogP) is 4.19. The van der Waals surface area contributed by atoms with Crippen LogP contribution in [0, 0.1) is 0 Å². The third-order valence-corrected chi connectivity index (χ3v) is 3.02. The van der Waals surface area contributed by atoms with E-state index in [1.165, 1.54) is 5.56 Å². The molecule has 0 N–H and O–H groups in total. The van der Waals surface area contributed by atoms with Crippen molar-refractivity contribution in [3.8, 4) is 0 Å². The first-order valence-electron chi connectivity index (χ1n) is 3.63. The van der Waals surface area contributed by atoms with Crippen LogP contribution in [0.1, 0.15) is 23.7 Å². The fourth-order valence-corrected chi connectivity index (χ4v) is 1.34. The lowest BCUT2D eigenvalue weighted by molar-refractivity contribution is 0.911. The summed E-state index contributed by atoms with van der Waals surface area (Å²) in [5.74, 6) is 0. The zero-order chi connectivity index (χ0) is 8.27. The van der Waals surface area contributed by atoms with Crippen LogP contribution in [-0.2, 0) is 0 Å². The van der Waals surface area contributed by atoms with E-state index in [0.29, 0.717) is 4.83 Å². The molecule has 0 saturated carbocycles. The van der Waals surface area contributed by atoms with Crippen molar-refractivity contribution in [2.45, 2.75) is 18.2 Å². The Morgan fingerprint density at radius 1 is 1.36 bits per heavy atom. The topological polar surface area (TPSA) is 0 Å². The molecule has 0 aliphatic rings. The monoisotopic (exact) mass is 232 g/mol. The molecular formula is C9H10BrCl. The first-order chi connectivity index (χ1) is 5.24. The van der Waals surface area contributed by atoms with Gasteiger partial charge in [0.1, 0.15) is 0 Å². The van der Waals surface area contributed by atoms with Crippen molar-refractivity contribution < 1.29 is 0 Å². The molecular weight excluding hydrogens is 223 g/mol. The summed E-state index contributed by atoms with van der Waals surface area (Å²) in [7, 11) is 0. The Bertz CT molecular complexity index is 218. The second kappa shape index (κ2) is 4.13. The standard InChI is InChI=1S/C9H10BrCl/c1-2-9(10)7-3-5-8(11)6-4-7/h3-6,9H,2H2,1H3/t9-/m1/s1. The molecule has 60 valence electrons. The molecule has 11 heavy (non-hydrogen) atoms. The second-order valence-corrected chi connectivity index (χ2v) is 3.97. The molecule has 0 aromatic heterocycles. The van der Waals surface area contributed by atoms with Gasteiger partial charge in [-0.15, -0.1) is 0 Å². The van der Waals surface area contributed by atoms with Crippen molar-refractivity contribution in [2.24, 2.45) is 0 Å². The maximum atomic E-state index is 5.74. The van der Waals surface area contributed by atoms with Gasteiger partial charge < -0.3 is 0 Å². The number of alkyl halides is 1. The second-order valence-electron chi connectivity index (χ2n) is 2.43. The smallest absolute Gasteiger partial charge is 0.0406 e. The zero-order valence-corrected chi connectivity index (χ0v) is 8.69. The molecule has 0 amide bonds. The first kappa shape index (κ1) is 9.08. The van der Waals surface area contributed by atoms with E-state index >= 15 is 0 Å². The van der Waals surface area contributed by atoms with E-state index in [1.807, 2.05) is 24.3 Å². The predicted molar refractivity (Wildman–Crippen MR) is 53.4 cm³/mol. The van der Waals surface area contributed by atoms with Crippen LogP contribution >= 0.6 is 27.5 Å². The summed E-state index contributed by atoms with van der Waals surface area (Å²) >= 11 is 9.31. The van der Waals surface area contributed by atoms with Crippen LogP contribution in [0.4, 0.5) is 0 Å². The summed E-state index contributed by atoms with van der Waals surface area (Å²) in [6.45, 7) is 2.15. The summed E-state index contributed by atoms with van der Waals surface area (Å²) in [6, 6.07) is 7.93. The average molecular weight is 234 g/mol. The van der Waals surface area contributed by atoms with Crippen LogP contribution < -0.4 is 0 Å². The van der Waals surface area contributed by atoms with Crippen molar-refractivity contribution in [2.75, 3.05) is 0 Å². The molecule has 0 bridgehead atoms. The minimum absolute atomic E-state index is 0.458. The maximum absolute atomic E-state index is 5.74. The quantitative estimate of drug-likeness (QED) is 0.672. The van der Waals surface area contributed by atoms with E-state index in [0.717, 1.165) is 11.4 Å². The summed E-state index contributed by atoms with van der Waals surface area (Å²) in [4.78, 5) is 0.458. The van der Waals surface area contributed by atoms with Crippen LogP contribution in [0.25, 0.3) is 0 Å². The Balaban J connectivity index is 2.81. The highest BCUT2D eigenvalue weighted by molar-refractivity contribution is 9.09. The first-order valence-corrected chi connectivity index (χ1v) is 4.93. The molecule has 0 aliphatic carbocycles. The molecule has 2 heteroatoms. The Morgan fingerprint density at radius 2 is 1.91 bits per heavy atom. The van der Waals surface area contributed by atoms with Crippen molar-refractivity contribution in [3.05, 3.63) is 34.9 Å². The molecule has 0 unspecified atom stereocenters. The Kier molecular flexibility index (Phi) is 3.41. The lowest BCUT2D eigenvalue weighted by Crippen LogP contribution is -1.85. The molecule has 1 aromatic carbocycles. The van der Waals surface area contributed by atoms with Gasteiger partial charge in [-0.3, -0.25) is 0 Å². The normalized spacial score (nSPS) is 13.0. The van der Waals surface area contributed by atoms with Gasteiger partial charge >= 0.3 is 0 Å². The highest BCUT2D eigenvalue weighted by atomic mass is 79.9. The van der Waals surface area contributed by atoms with E-state index in [4.69, 9.17) is 11.6 Å². The molecule has 0 spiro atoms. The van der Waals surface area contributed by atoms with E-state index in [1.54, 1.807) is 0 Å². The molecule has 0 aliphatic heterocycles. The van der Waals surface area contributed by atoms with Crippen molar-refractivity contribution in [3.63, 3.8) is 0 Å². The van der Waals surface area contributed by atoms with Crippen LogP contribution in [-0.4, -0.2) is 0 Å². The van der Waals surface area contributed by atoms with Gasteiger partial charge in [-0.1, -0.05) is 46.6 Å². The lowest BCUT2D eigenvalue weighted by atomic mass is 10.1. The largest absolute Gasteiger partial charge is 0.0843 e. The molecule has 0 saturated heterocycles. The molecule has 0 fully saturated rings. The van der Waals surface area contributed by atoms with Gasteiger partial charge in [0.25, 0.3) is 0 Å². The fraction of sp³-hybridized carbons (Fsp3) is 0.333. The number of hydrogen-bond donors (Lipinski definition) is 0.